The number of fused-ring (bicyclic) bond motifs is 1. The highest BCUT2D eigenvalue weighted by atomic mass is 79.9. The van der Waals surface area contributed by atoms with Crippen LogP contribution in [0.15, 0.2) is 59.2 Å². The third-order valence-electron chi connectivity index (χ3n) is 4.81. The molecule has 0 fully saturated rings. The number of aryl methyl sites for hydroxylation is 1. The molecule has 0 aliphatic heterocycles. The first-order valence-corrected chi connectivity index (χ1v) is 10.0. The first-order chi connectivity index (χ1) is 14.2. The Balaban J connectivity index is 1.46. The molecule has 3 aromatic heterocycles. The van der Waals surface area contributed by atoms with Gasteiger partial charge < -0.3 is 0 Å². The van der Waals surface area contributed by atoms with Crippen molar-refractivity contribution in [2.24, 2.45) is 0 Å². The Morgan fingerprint density at radius 1 is 1.03 bits per heavy atom. The average molecular weight is 449 g/mol. The number of nitrogens with one attached hydrogen (secondary N) is 1. The van der Waals surface area contributed by atoms with Gasteiger partial charge in [0.1, 0.15) is 0 Å². The third kappa shape index (κ3) is 3.23. The molecule has 0 bridgehead atoms. The van der Waals surface area contributed by atoms with Crippen molar-refractivity contribution in [1.29, 1.82) is 0 Å². The Morgan fingerprint density at radius 2 is 1.83 bits per heavy atom. The highest BCUT2D eigenvalue weighted by Gasteiger charge is 2.13. The second kappa shape index (κ2) is 7.25. The molecular formula is C20H17BrN8. The number of aromatic amines is 1. The molecule has 0 aliphatic carbocycles. The van der Waals surface area contributed by atoms with Crippen LogP contribution in [0.1, 0.15) is 18.3 Å². The fraction of sp³-hybridized carbons (Fsp3) is 0.150. The molecule has 0 atom stereocenters. The van der Waals surface area contributed by atoms with Crippen LogP contribution < -0.4 is 0 Å². The standard InChI is InChI=1S/C20H17BrN8/c1-2-18-22-20-17(21)12-28(29(20)25-18)11-13-7-9-14(10-8-13)15-5-3-4-6-16(15)19-23-26-27-24-19/h3-10,12H,2,11H2,1H3,(H,23,24,26,27). The van der Waals surface area contributed by atoms with E-state index in [1.165, 1.54) is 5.56 Å². The molecule has 0 spiro atoms. The lowest BCUT2D eigenvalue weighted by molar-refractivity contribution is 0.580. The predicted molar refractivity (Wildman–Crippen MR) is 112 cm³/mol. The van der Waals surface area contributed by atoms with E-state index in [9.17, 15) is 0 Å². The Hall–Kier alpha value is -3.33. The summed E-state index contributed by atoms with van der Waals surface area (Å²) in [6.45, 7) is 2.75. The number of tetrazole rings is 1. The van der Waals surface area contributed by atoms with Crippen LogP contribution in [0, 0.1) is 0 Å². The molecule has 0 saturated heterocycles. The van der Waals surface area contributed by atoms with E-state index in [0.29, 0.717) is 12.4 Å². The monoisotopic (exact) mass is 448 g/mol. The number of halogens is 1. The Morgan fingerprint density at radius 3 is 2.55 bits per heavy atom. The number of H-pyrrole nitrogens is 1. The van der Waals surface area contributed by atoms with Gasteiger partial charge in [-0.1, -0.05) is 55.5 Å². The zero-order valence-corrected chi connectivity index (χ0v) is 17.2. The van der Waals surface area contributed by atoms with Crippen molar-refractivity contribution in [2.75, 3.05) is 0 Å². The molecule has 0 aliphatic rings. The smallest absolute Gasteiger partial charge is 0.190 e. The lowest BCUT2D eigenvalue weighted by Crippen LogP contribution is -2.07. The van der Waals surface area contributed by atoms with Crippen LogP contribution in [0.2, 0.25) is 0 Å². The molecule has 0 radical (unpaired) electrons. The fourth-order valence-electron chi connectivity index (χ4n) is 3.37. The molecule has 5 rings (SSSR count). The van der Waals surface area contributed by atoms with E-state index in [4.69, 9.17) is 0 Å². The molecule has 1 N–H and O–H groups in total. The van der Waals surface area contributed by atoms with Crippen molar-refractivity contribution >= 4 is 21.6 Å². The van der Waals surface area contributed by atoms with E-state index in [2.05, 4.69) is 88.6 Å². The van der Waals surface area contributed by atoms with Gasteiger partial charge in [-0.05, 0) is 43.0 Å². The summed E-state index contributed by atoms with van der Waals surface area (Å²) in [6, 6.07) is 16.6. The second-order valence-corrected chi connectivity index (χ2v) is 7.52. The van der Waals surface area contributed by atoms with Gasteiger partial charge in [-0.3, -0.25) is 4.68 Å². The number of rotatable bonds is 5. The zero-order chi connectivity index (χ0) is 19.8. The SMILES string of the molecule is CCc1nc2c(Br)cn(Cc3ccc(-c4ccccc4-c4nnn[nH]4)cc3)n2n1. The van der Waals surface area contributed by atoms with Crippen molar-refractivity contribution in [2.45, 2.75) is 19.9 Å². The molecular weight excluding hydrogens is 432 g/mol. The van der Waals surface area contributed by atoms with Crippen molar-refractivity contribution in [3.05, 3.63) is 70.6 Å². The average Bonchev–Trinajstić information content (AvgIpc) is 3.48. The molecule has 0 saturated carbocycles. The summed E-state index contributed by atoms with van der Waals surface area (Å²) in [5.74, 6) is 1.49. The summed E-state index contributed by atoms with van der Waals surface area (Å²) in [7, 11) is 0. The maximum Gasteiger partial charge on any atom is 0.190 e. The van der Waals surface area contributed by atoms with E-state index in [1.54, 1.807) is 0 Å². The highest BCUT2D eigenvalue weighted by Crippen LogP contribution is 2.30. The summed E-state index contributed by atoms with van der Waals surface area (Å²) < 4.78 is 4.84. The molecule has 144 valence electrons. The number of hydrogen-bond acceptors (Lipinski definition) is 5. The number of benzene rings is 2. The number of aromatic nitrogens is 8. The van der Waals surface area contributed by atoms with Gasteiger partial charge in [-0.2, -0.15) is 4.63 Å². The Bertz CT molecular complexity index is 1270. The summed E-state index contributed by atoms with van der Waals surface area (Å²) in [5, 5.41) is 18.8. The van der Waals surface area contributed by atoms with Gasteiger partial charge in [-0.25, -0.2) is 10.1 Å². The first kappa shape index (κ1) is 17.7. The van der Waals surface area contributed by atoms with Gasteiger partial charge in [0.15, 0.2) is 17.3 Å². The molecule has 0 amide bonds. The normalized spacial score (nSPS) is 11.4. The third-order valence-corrected chi connectivity index (χ3v) is 5.37. The molecule has 9 heteroatoms. The van der Waals surface area contributed by atoms with Crippen molar-refractivity contribution in [3.63, 3.8) is 0 Å². The van der Waals surface area contributed by atoms with Crippen LogP contribution in [0.25, 0.3) is 28.2 Å². The van der Waals surface area contributed by atoms with Gasteiger partial charge in [-0.15, -0.1) is 10.2 Å². The van der Waals surface area contributed by atoms with Crippen molar-refractivity contribution < 1.29 is 0 Å². The van der Waals surface area contributed by atoms with Crippen LogP contribution in [-0.2, 0) is 13.0 Å². The van der Waals surface area contributed by atoms with E-state index in [0.717, 1.165) is 39.1 Å². The number of nitrogens with zero attached hydrogens (tertiary/aromatic N) is 7. The summed E-state index contributed by atoms with van der Waals surface area (Å²) >= 11 is 3.58. The zero-order valence-electron chi connectivity index (χ0n) is 15.6. The predicted octanol–water partition coefficient (Wildman–Crippen LogP) is 3.75. The van der Waals surface area contributed by atoms with Crippen LogP contribution in [0.4, 0.5) is 0 Å². The van der Waals surface area contributed by atoms with Gasteiger partial charge in [0.25, 0.3) is 0 Å². The van der Waals surface area contributed by atoms with Crippen LogP contribution in [0.3, 0.4) is 0 Å². The second-order valence-electron chi connectivity index (χ2n) is 6.66. The molecule has 5 aromatic rings. The molecule has 29 heavy (non-hydrogen) atoms. The molecule has 0 unspecified atom stereocenters. The van der Waals surface area contributed by atoms with Crippen molar-refractivity contribution in [3.8, 4) is 22.5 Å². The quantitative estimate of drug-likeness (QED) is 0.442. The lowest BCUT2D eigenvalue weighted by atomic mass is 9.98. The van der Waals surface area contributed by atoms with Gasteiger partial charge >= 0.3 is 0 Å². The summed E-state index contributed by atoms with van der Waals surface area (Å²) in [4.78, 5) is 4.55. The van der Waals surface area contributed by atoms with Crippen LogP contribution in [0.5, 0.6) is 0 Å². The van der Waals surface area contributed by atoms with E-state index < -0.39 is 0 Å². The van der Waals surface area contributed by atoms with Gasteiger partial charge in [0.05, 0.1) is 11.0 Å². The van der Waals surface area contributed by atoms with E-state index in [1.807, 2.05) is 29.0 Å². The van der Waals surface area contributed by atoms with Gasteiger partial charge in [0.2, 0.25) is 0 Å². The maximum atomic E-state index is 4.57. The summed E-state index contributed by atoms with van der Waals surface area (Å²) in [6.07, 6.45) is 2.82. The first-order valence-electron chi connectivity index (χ1n) is 9.26. The van der Waals surface area contributed by atoms with Crippen molar-refractivity contribution in [1.82, 2.24) is 40.0 Å². The molecule has 2 aromatic carbocycles. The fourth-order valence-corrected chi connectivity index (χ4v) is 3.85. The molecule has 8 nitrogen and oxygen atoms in total. The number of hydrogen-bond donors (Lipinski definition) is 1. The minimum absolute atomic E-state index is 0.655. The van der Waals surface area contributed by atoms with E-state index >= 15 is 0 Å². The van der Waals surface area contributed by atoms with Gasteiger partial charge in [0, 0.05) is 18.2 Å². The topological polar surface area (TPSA) is 89.6 Å². The largest absolute Gasteiger partial charge is 0.265 e. The molecule has 3 heterocycles. The Kier molecular flexibility index (Phi) is 4.44. The summed E-state index contributed by atoms with van der Waals surface area (Å²) in [5.41, 5.74) is 5.16. The highest BCUT2D eigenvalue weighted by molar-refractivity contribution is 9.10. The lowest BCUT2D eigenvalue weighted by Gasteiger charge is -2.09. The van der Waals surface area contributed by atoms with Crippen LogP contribution >= 0.6 is 15.9 Å². The maximum absolute atomic E-state index is 4.57. The minimum atomic E-state index is 0.655. The van der Waals surface area contributed by atoms with Crippen LogP contribution in [-0.4, -0.2) is 40.0 Å². The van der Waals surface area contributed by atoms with E-state index in [-0.39, 0.29) is 0 Å². The minimum Gasteiger partial charge on any atom is -0.265 e. The Labute approximate surface area is 174 Å².